The second kappa shape index (κ2) is 7.96. The number of carbonyl (C=O) groups excluding carboxylic acids is 1. The van der Waals surface area contributed by atoms with Gasteiger partial charge in [-0.25, -0.2) is 12.8 Å². The lowest BCUT2D eigenvalue weighted by molar-refractivity contribution is 0.102. The number of piperidine rings is 1. The zero-order chi connectivity index (χ0) is 19.6. The fourth-order valence-corrected chi connectivity index (χ4v) is 5.08. The highest BCUT2D eigenvalue weighted by Crippen LogP contribution is 2.26. The first-order valence-corrected chi connectivity index (χ1v) is 10.5. The molecule has 1 N–H and O–H groups in total. The average Bonchev–Trinajstić information content (AvgIpc) is 2.62. The van der Waals surface area contributed by atoms with E-state index < -0.39 is 21.7 Å². The van der Waals surface area contributed by atoms with Crippen LogP contribution in [0.1, 0.15) is 36.5 Å². The summed E-state index contributed by atoms with van der Waals surface area (Å²) in [4.78, 5) is 12.4. The Kier molecular flexibility index (Phi) is 5.83. The Balaban J connectivity index is 1.90. The average molecular weight is 411 g/mol. The lowest BCUT2D eigenvalue weighted by atomic mass is 10.1. The van der Waals surface area contributed by atoms with Crippen LogP contribution >= 0.6 is 11.6 Å². The van der Waals surface area contributed by atoms with Gasteiger partial charge in [-0.1, -0.05) is 24.1 Å². The van der Waals surface area contributed by atoms with Crippen molar-refractivity contribution in [1.29, 1.82) is 0 Å². The summed E-state index contributed by atoms with van der Waals surface area (Å²) in [5.74, 6) is -1.53. The highest BCUT2D eigenvalue weighted by molar-refractivity contribution is 7.89. The molecule has 0 radical (unpaired) electrons. The number of sulfonamides is 1. The molecule has 27 heavy (non-hydrogen) atoms. The predicted molar refractivity (Wildman–Crippen MR) is 103 cm³/mol. The smallest absolute Gasteiger partial charge is 0.258 e. The number of nitrogens with one attached hydrogen (secondary N) is 1. The first-order chi connectivity index (χ1) is 12.8. The van der Waals surface area contributed by atoms with Gasteiger partial charge >= 0.3 is 0 Å². The first kappa shape index (κ1) is 19.8. The highest BCUT2D eigenvalue weighted by atomic mass is 35.5. The maximum absolute atomic E-state index is 14.2. The second-order valence-corrected chi connectivity index (χ2v) is 8.89. The van der Waals surface area contributed by atoms with Gasteiger partial charge in [-0.2, -0.15) is 4.31 Å². The van der Waals surface area contributed by atoms with Crippen molar-refractivity contribution < 1.29 is 17.6 Å². The number of amides is 1. The summed E-state index contributed by atoms with van der Waals surface area (Å²) in [7, 11) is -3.80. The molecule has 0 bridgehead atoms. The lowest BCUT2D eigenvalue weighted by Crippen LogP contribution is -2.42. The van der Waals surface area contributed by atoms with E-state index in [2.05, 4.69) is 5.32 Å². The molecule has 2 aromatic carbocycles. The highest BCUT2D eigenvalue weighted by Gasteiger charge is 2.31. The number of hydrogen-bond acceptors (Lipinski definition) is 3. The molecule has 1 unspecified atom stereocenters. The molecule has 1 aliphatic heterocycles. The van der Waals surface area contributed by atoms with Gasteiger partial charge in [-0.05, 0) is 56.2 Å². The van der Waals surface area contributed by atoms with Gasteiger partial charge in [-0.3, -0.25) is 4.79 Å². The summed E-state index contributed by atoms with van der Waals surface area (Å²) in [5, 5.41) is 2.96. The van der Waals surface area contributed by atoms with Crippen LogP contribution in [0.4, 0.5) is 10.1 Å². The fourth-order valence-electron chi connectivity index (χ4n) is 3.17. The van der Waals surface area contributed by atoms with Gasteiger partial charge in [-0.15, -0.1) is 0 Å². The third-order valence-corrected chi connectivity index (χ3v) is 6.86. The van der Waals surface area contributed by atoms with Crippen LogP contribution in [0.5, 0.6) is 0 Å². The van der Waals surface area contributed by atoms with E-state index in [0.29, 0.717) is 17.3 Å². The van der Waals surface area contributed by atoms with E-state index in [1.807, 2.05) is 6.92 Å². The van der Waals surface area contributed by atoms with Crippen LogP contribution in [0.3, 0.4) is 0 Å². The molecule has 8 heteroatoms. The molecule has 2 aromatic rings. The van der Waals surface area contributed by atoms with Crippen LogP contribution in [-0.2, 0) is 10.0 Å². The monoisotopic (exact) mass is 410 g/mol. The van der Waals surface area contributed by atoms with Gasteiger partial charge in [0, 0.05) is 23.3 Å². The minimum atomic E-state index is -3.80. The fraction of sp³-hybridized carbons (Fsp3) is 0.316. The maximum atomic E-state index is 14.2. The van der Waals surface area contributed by atoms with Crippen LogP contribution in [0, 0.1) is 5.82 Å². The summed E-state index contributed by atoms with van der Waals surface area (Å²) >= 11 is 5.88. The third kappa shape index (κ3) is 4.31. The van der Waals surface area contributed by atoms with Crippen molar-refractivity contribution >= 4 is 33.2 Å². The van der Waals surface area contributed by atoms with E-state index in [0.717, 1.165) is 31.4 Å². The number of anilines is 1. The number of nitrogens with zero attached hydrogens (tertiary/aromatic N) is 1. The zero-order valence-corrected chi connectivity index (χ0v) is 16.4. The number of benzene rings is 2. The molecule has 1 aliphatic rings. The topological polar surface area (TPSA) is 66.5 Å². The Labute approximate surface area is 163 Å². The number of halogens is 2. The molecule has 3 rings (SSSR count). The summed E-state index contributed by atoms with van der Waals surface area (Å²) in [6, 6.07) is 9.59. The molecular weight excluding hydrogens is 391 g/mol. The SMILES string of the molecule is CC1CCCCN1S(=O)(=O)c1ccc(F)c(C(=O)Nc2cccc(Cl)c2)c1. The molecule has 0 saturated carbocycles. The van der Waals surface area contributed by atoms with Crippen molar-refractivity contribution in [3.8, 4) is 0 Å². The minimum Gasteiger partial charge on any atom is -0.322 e. The molecule has 1 amide bonds. The third-order valence-electron chi connectivity index (χ3n) is 4.61. The van der Waals surface area contributed by atoms with Crippen LogP contribution in [-0.4, -0.2) is 31.2 Å². The Morgan fingerprint density at radius 3 is 2.70 bits per heavy atom. The lowest BCUT2D eigenvalue weighted by Gasteiger charge is -2.32. The van der Waals surface area contributed by atoms with E-state index in [-0.39, 0.29) is 16.5 Å². The normalized spacial score (nSPS) is 18.3. The van der Waals surface area contributed by atoms with Crippen molar-refractivity contribution in [3.05, 3.63) is 58.9 Å². The van der Waals surface area contributed by atoms with Crippen LogP contribution in [0.15, 0.2) is 47.4 Å². The van der Waals surface area contributed by atoms with E-state index in [1.165, 1.54) is 16.4 Å². The standard InChI is InChI=1S/C19H20ClFN2O3S/c1-13-5-2-3-10-23(13)27(25,26)16-8-9-18(21)17(12-16)19(24)22-15-7-4-6-14(20)11-15/h4,6-9,11-13H,2-3,5,10H2,1H3,(H,22,24). The Morgan fingerprint density at radius 1 is 1.22 bits per heavy atom. The summed E-state index contributed by atoms with van der Waals surface area (Å²) in [6.45, 7) is 2.28. The van der Waals surface area contributed by atoms with Gasteiger partial charge in [0.15, 0.2) is 0 Å². The second-order valence-electron chi connectivity index (χ2n) is 6.57. The molecule has 1 heterocycles. The predicted octanol–water partition coefficient (Wildman–Crippen LogP) is 4.29. The molecule has 1 atom stereocenters. The van der Waals surface area contributed by atoms with Gasteiger partial charge in [0.25, 0.3) is 5.91 Å². The molecular formula is C19H20ClFN2O3S. The number of hydrogen-bond donors (Lipinski definition) is 1. The molecule has 1 saturated heterocycles. The zero-order valence-electron chi connectivity index (χ0n) is 14.8. The van der Waals surface area contributed by atoms with Gasteiger partial charge in [0.1, 0.15) is 5.82 Å². The largest absolute Gasteiger partial charge is 0.322 e. The van der Waals surface area contributed by atoms with Crippen molar-refractivity contribution in [2.24, 2.45) is 0 Å². The molecule has 0 spiro atoms. The molecule has 5 nitrogen and oxygen atoms in total. The number of rotatable bonds is 4. The minimum absolute atomic E-state index is 0.0890. The quantitative estimate of drug-likeness (QED) is 0.817. The number of carbonyl (C=O) groups is 1. The van der Waals surface area contributed by atoms with Crippen molar-refractivity contribution in [2.75, 3.05) is 11.9 Å². The van der Waals surface area contributed by atoms with E-state index >= 15 is 0 Å². The Morgan fingerprint density at radius 2 is 2.00 bits per heavy atom. The Hall–Kier alpha value is -1.96. The molecule has 144 valence electrons. The molecule has 1 fully saturated rings. The van der Waals surface area contributed by atoms with Crippen LogP contribution in [0.2, 0.25) is 5.02 Å². The van der Waals surface area contributed by atoms with Gasteiger partial charge < -0.3 is 5.32 Å². The van der Waals surface area contributed by atoms with Crippen molar-refractivity contribution in [3.63, 3.8) is 0 Å². The summed E-state index contributed by atoms with van der Waals surface area (Å²) < 4.78 is 41.5. The van der Waals surface area contributed by atoms with Gasteiger partial charge in [0.05, 0.1) is 10.5 Å². The van der Waals surface area contributed by atoms with E-state index in [1.54, 1.807) is 18.2 Å². The first-order valence-electron chi connectivity index (χ1n) is 8.67. The van der Waals surface area contributed by atoms with Crippen molar-refractivity contribution in [1.82, 2.24) is 4.31 Å². The van der Waals surface area contributed by atoms with E-state index in [4.69, 9.17) is 11.6 Å². The maximum Gasteiger partial charge on any atom is 0.258 e. The van der Waals surface area contributed by atoms with E-state index in [9.17, 15) is 17.6 Å². The summed E-state index contributed by atoms with van der Waals surface area (Å²) in [5.41, 5.74) is 0.0607. The molecule has 0 aromatic heterocycles. The van der Waals surface area contributed by atoms with Crippen LogP contribution < -0.4 is 5.32 Å². The molecule has 0 aliphatic carbocycles. The van der Waals surface area contributed by atoms with Crippen LogP contribution in [0.25, 0.3) is 0 Å². The van der Waals surface area contributed by atoms with Gasteiger partial charge in [0.2, 0.25) is 10.0 Å². The Bertz CT molecular complexity index is 965. The van der Waals surface area contributed by atoms with Crippen molar-refractivity contribution in [2.45, 2.75) is 37.1 Å². The summed E-state index contributed by atoms with van der Waals surface area (Å²) in [6.07, 6.45) is 2.54.